The molecular formula is C9H12N2OS. The van der Waals surface area contributed by atoms with E-state index in [4.69, 9.17) is 10.1 Å². The van der Waals surface area contributed by atoms with E-state index in [0.717, 1.165) is 11.3 Å². The molecule has 1 heterocycles. The van der Waals surface area contributed by atoms with Crippen LogP contribution in [0.3, 0.4) is 0 Å². The molecule has 1 N–H and O–H groups in total. The van der Waals surface area contributed by atoms with Gasteiger partial charge in [-0.15, -0.1) is 11.8 Å². The third-order valence-corrected chi connectivity index (χ3v) is 2.25. The lowest BCUT2D eigenvalue weighted by Crippen LogP contribution is -1.97. The van der Waals surface area contributed by atoms with Crippen LogP contribution in [-0.2, 0) is 0 Å². The van der Waals surface area contributed by atoms with Gasteiger partial charge in [-0.25, -0.2) is 4.98 Å². The topological polar surface area (TPSA) is 46.0 Å². The summed E-state index contributed by atoms with van der Waals surface area (Å²) in [4.78, 5) is 4.14. The van der Waals surface area contributed by atoms with Crippen LogP contribution in [0.1, 0.15) is 11.3 Å². The van der Waals surface area contributed by atoms with Gasteiger partial charge in [0.1, 0.15) is 0 Å². The van der Waals surface area contributed by atoms with E-state index in [-0.39, 0.29) is 0 Å². The summed E-state index contributed by atoms with van der Waals surface area (Å²) in [6.07, 6.45) is 1.88. The Morgan fingerprint density at radius 1 is 1.54 bits per heavy atom. The highest BCUT2D eigenvalue weighted by atomic mass is 32.2. The monoisotopic (exact) mass is 196 g/mol. The maximum atomic E-state index is 7.63. The van der Waals surface area contributed by atoms with Crippen LogP contribution >= 0.6 is 11.8 Å². The molecule has 0 atom stereocenters. The summed E-state index contributed by atoms with van der Waals surface area (Å²) in [6, 6.07) is 3.65. The van der Waals surface area contributed by atoms with Crippen molar-refractivity contribution in [2.45, 2.75) is 6.92 Å². The van der Waals surface area contributed by atoms with Gasteiger partial charge in [-0.1, -0.05) is 0 Å². The Bertz CT molecular complexity index is 325. The van der Waals surface area contributed by atoms with Crippen LogP contribution in [0.4, 0.5) is 0 Å². The van der Waals surface area contributed by atoms with Gasteiger partial charge in [-0.3, -0.25) is 5.41 Å². The molecular weight excluding hydrogens is 184 g/mol. The standard InChI is InChI=1S/C9H12N2OS/c1-6-4-7(9(10)13-3)5-8(11-6)12-2/h4-5,10H,1-3H3. The van der Waals surface area contributed by atoms with Gasteiger partial charge in [0.2, 0.25) is 5.88 Å². The quantitative estimate of drug-likeness (QED) is 0.582. The largest absolute Gasteiger partial charge is 0.481 e. The molecule has 0 fully saturated rings. The summed E-state index contributed by atoms with van der Waals surface area (Å²) in [5.41, 5.74) is 1.73. The summed E-state index contributed by atoms with van der Waals surface area (Å²) in [6.45, 7) is 1.89. The second-order valence-electron chi connectivity index (χ2n) is 2.57. The number of hydrogen-bond donors (Lipinski definition) is 1. The Morgan fingerprint density at radius 2 is 2.23 bits per heavy atom. The van der Waals surface area contributed by atoms with Crippen molar-refractivity contribution < 1.29 is 4.74 Å². The van der Waals surface area contributed by atoms with Crippen LogP contribution in [0, 0.1) is 12.3 Å². The number of nitrogens with zero attached hydrogens (tertiary/aromatic N) is 1. The molecule has 0 spiro atoms. The van der Waals surface area contributed by atoms with E-state index < -0.39 is 0 Å². The first-order chi connectivity index (χ1) is 6.17. The summed E-state index contributed by atoms with van der Waals surface area (Å²) in [5, 5.41) is 8.16. The zero-order chi connectivity index (χ0) is 9.84. The Kier molecular flexibility index (Phi) is 3.31. The van der Waals surface area contributed by atoms with E-state index in [1.807, 2.05) is 19.2 Å². The maximum absolute atomic E-state index is 7.63. The van der Waals surface area contributed by atoms with Gasteiger partial charge in [0, 0.05) is 17.3 Å². The lowest BCUT2D eigenvalue weighted by Gasteiger charge is -2.04. The van der Waals surface area contributed by atoms with E-state index in [1.165, 1.54) is 11.8 Å². The molecule has 1 aromatic rings. The number of pyridine rings is 1. The van der Waals surface area contributed by atoms with Crippen molar-refractivity contribution in [2.75, 3.05) is 13.4 Å². The molecule has 0 aromatic carbocycles. The highest BCUT2D eigenvalue weighted by Crippen LogP contribution is 2.15. The van der Waals surface area contributed by atoms with Crippen LogP contribution in [0.2, 0.25) is 0 Å². The minimum Gasteiger partial charge on any atom is -0.481 e. The molecule has 0 aliphatic heterocycles. The molecule has 0 saturated heterocycles. The van der Waals surface area contributed by atoms with Gasteiger partial charge >= 0.3 is 0 Å². The molecule has 0 aliphatic rings. The third-order valence-electron chi connectivity index (χ3n) is 1.61. The second-order valence-corrected chi connectivity index (χ2v) is 3.39. The van der Waals surface area contributed by atoms with Crippen molar-refractivity contribution in [3.8, 4) is 5.88 Å². The van der Waals surface area contributed by atoms with E-state index >= 15 is 0 Å². The zero-order valence-electron chi connectivity index (χ0n) is 7.92. The second kappa shape index (κ2) is 4.28. The van der Waals surface area contributed by atoms with Crippen LogP contribution in [0.25, 0.3) is 0 Å². The van der Waals surface area contributed by atoms with E-state index in [1.54, 1.807) is 13.2 Å². The van der Waals surface area contributed by atoms with Gasteiger partial charge in [-0.05, 0) is 19.2 Å². The van der Waals surface area contributed by atoms with E-state index in [2.05, 4.69) is 4.98 Å². The Labute approximate surface area is 82.0 Å². The number of aromatic nitrogens is 1. The van der Waals surface area contributed by atoms with Gasteiger partial charge in [0.05, 0.1) is 12.2 Å². The van der Waals surface area contributed by atoms with Crippen molar-refractivity contribution in [1.82, 2.24) is 4.98 Å². The zero-order valence-corrected chi connectivity index (χ0v) is 8.73. The molecule has 0 amide bonds. The van der Waals surface area contributed by atoms with Crippen molar-refractivity contribution >= 4 is 16.8 Å². The number of rotatable bonds is 2. The molecule has 4 heteroatoms. The minimum absolute atomic E-state index is 0.531. The highest BCUT2D eigenvalue weighted by Gasteiger charge is 2.03. The number of ether oxygens (including phenoxy) is 1. The van der Waals surface area contributed by atoms with Gasteiger partial charge in [0.15, 0.2) is 0 Å². The summed E-state index contributed by atoms with van der Waals surface area (Å²) >= 11 is 1.41. The first-order valence-corrected chi connectivity index (χ1v) is 5.05. The molecule has 1 aromatic heterocycles. The molecule has 0 unspecified atom stereocenters. The third kappa shape index (κ3) is 2.45. The van der Waals surface area contributed by atoms with Crippen molar-refractivity contribution in [3.63, 3.8) is 0 Å². The van der Waals surface area contributed by atoms with Gasteiger partial charge < -0.3 is 4.74 Å². The van der Waals surface area contributed by atoms with Crippen molar-refractivity contribution in [3.05, 3.63) is 23.4 Å². The average molecular weight is 196 g/mol. The van der Waals surface area contributed by atoms with Gasteiger partial charge in [-0.2, -0.15) is 0 Å². The number of methoxy groups -OCH3 is 1. The Hall–Kier alpha value is -1.03. The SMILES string of the molecule is COc1cc(C(=N)SC)cc(C)n1. The molecule has 0 radical (unpaired) electrons. The number of nitrogens with one attached hydrogen (secondary N) is 1. The first-order valence-electron chi connectivity index (χ1n) is 3.83. The number of hydrogen-bond acceptors (Lipinski definition) is 4. The first kappa shape index (κ1) is 10.1. The fraction of sp³-hybridized carbons (Fsp3) is 0.333. The van der Waals surface area contributed by atoms with Crippen molar-refractivity contribution in [1.29, 1.82) is 5.41 Å². The molecule has 0 aliphatic carbocycles. The fourth-order valence-corrected chi connectivity index (χ4v) is 1.35. The molecule has 0 bridgehead atoms. The average Bonchev–Trinajstić information content (AvgIpc) is 2.15. The Balaban J connectivity index is 3.08. The van der Waals surface area contributed by atoms with Crippen LogP contribution < -0.4 is 4.74 Å². The number of aryl methyl sites for hydroxylation is 1. The molecule has 3 nitrogen and oxygen atoms in total. The fourth-order valence-electron chi connectivity index (χ4n) is 0.992. The predicted molar refractivity (Wildman–Crippen MR) is 55.9 cm³/mol. The van der Waals surface area contributed by atoms with Gasteiger partial charge in [0.25, 0.3) is 0 Å². The van der Waals surface area contributed by atoms with Crippen molar-refractivity contribution in [2.24, 2.45) is 0 Å². The Morgan fingerprint density at radius 3 is 2.77 bits per heavy atom. The highest BCUT2D eigenvalue weighted by molar-refractivity contribution is 8.13. The summed E-state index contributed by atoms with van der Waals surface area (Å²) in [5.74, 6) is 0.564. The van der Waals surface area contributed by atoms with Crippen LogP contribution in [0.15, 0.2) is 12.1 Å². The van der Waals surface area contributed by atoms with E-state index in [9.17, 15) is 0 Å². The van der Waals surface area contributed by atoms with Crippen LogP contribution in [0.5, 0.6) is 5.88 Å². The van der Waals surface area contributed by atoms with Crippen LogP contribution in [-0.4, -0.2) is 23.4 Å². The normalized spacial score (nSPS) is 9.77. The molecule has 1 rings (SSSR count). The summed E-state index contributed by atoms with van der Waals surface area (Å²) < 4.78 is 5.01. The molecule has 0 saturated carbocycles. The number of thioether (sulfide) groups is 1. The maximum Gasteiger partial charge on any atom is 0.213 e. The smallest absolute Gasteiger partial charge is 0.213 e. The lowest BCUT2D eigenvalue weighted by molar-refractivity contribution is 0.397. The van der Waals surface area contributed by atoms with E-state index in [0.29, 0.717) is 10.9 Å². The minimum atomic E-state index is 0.531. The summed E-state index contributed by atoms with van der Waals surface area (Å²) in [7, 11) is 1.58. The predicted octanol–water partition coefficient (Wildman–Crippen LogP) is 2.09. The molecule has 70 valence electrons. The lowest BCUT2D eigenvalue weighted by atomic mass is 10.2. The molecule has 13 heavy (non-hydrogen) atoms.